The van der Waals surface area contributed by atoms with Gasteiger partial charge in [0.1, 0.15) is 0 Å². The number of anilines is 2. The van der Waals surface area contributed by atoms with Crippen LogP contribution in [-0.2, 0) is 24.3 Å². The molecule has 24 heavy (non-hydrogen) atoms. The van der Waals surface area contributed by atoms with E-state index in [0.717, 1.165) is 12.1 Å². The van der Waals surface area contributed by atoms with E-state index >= 15 is 0 Å². The largest absolute Gasteiger partial charge is 0.471 e. The number of methoxy groups -OCH3 is 1. The lowest BCUT2D eigenvalue weighted by atomic mass is 10.3. The second kappa shape index (κ2) is 8.85. The van der Waals surface area contributed by atoms with Gasteiger partial charge in [-0.25, -0.2) is 8.42 Å². The normalized spacial score (nSPS) is 12.0. The molecule has 0 aromatic heterocycles. The molecule has 1 aromatic rings. The number of sulfonamides is 1. The van der Waals surface area contributed by atoms with Crippen LogP contribution in [0.2, 0.25) is 0 Å². The number of alkyl halides is 3. The summed E-state index contributed by atoms with van der Waals surface area (Å²) in [5.41, 5.74) is 0.0417. The van der Waals surface area contributed by atoms with Gasteiger partial charge in [0.25, 0.3) is 0 Å². The molecule has 0 aliphatic heterocycles. The van der Waals surface area contributed by atoms with Crippen molar-refractivity contribution in [1.82, 2.24) is 0 Å². The summed E-state index contributed by atoms with van der Waals surface area (Å²) in [6.07, 6.45) is -5.00. The van der Waals surface area contributed by atoms with Gasteiger partial charge in [0.05, 0.1) is 25.6 Å². The van der Waals surface area contributed by atoms with Crippen LogP contribution >= 0.6 is 0 Å². The Labute approximate surface area is 137 Å². The second-order valence-corrected chi connectivity index (χ2v) is 6.40. The van der Waals surface area contributed by atoms with Crippen molar-refractivity contribution in [2.45, 2.75) is 6.18 Å². The van der Waals surface area contributed by atoms with E-state index < -0.39 is 22.1 Å². The van der Waals surface area contributed by atoms with Crippen LogP contribution in [0.5, 0.6) is 0 Å². The fraction of sp³-hybridized carbons (Fsp3) is 0.462. The quantitative estimate of drug-likeness (QED) is 0.644. The van der Waals surface area contributed by atoms with E-state index in [1.54, 1.807) is 5.32 Å². The Morgan fingerprint density at radius 3 is 2.21 bits per heavy atom. The fourth-order valence-electron chi connectivity index (χ4n) is 1.47. The predicted molar refractivity (Wildman–Crippen MR) is 81.2 cm³/mol. The number of hydrogen-bond acceptors (Lipinski definition) is 5. The lowest BCUT2D eigenvalue weighted by molar-refractivity contribution is -0.167. The van der Waals surface area contributed by atoms with Crippen molar-refractivity contribution in [1.29, 1.82) is 0 Å². The van der Waals surface area contributed by atoms with Gasteiger partial charge in [-0.3, -0.25) is 9.52 Å². The number of benzene rings is 1. The Morgan fingerprint density at radius 1 is 1.08 bits per heavy atom. The zero-order valence-corrected chi connectivity index (χ0v) is 13.5. The van der Waals surface area contributed by atoms with Crippen LogP contribution in [0.1, 0.15) is 0 Å². The summed E-state index contributed by atoms with van der Waals surface area (Å²) in [6, 6.07) is 4.76. The Kier molecular flexibility index (Phi) is 7.45. The van der Waals surface area contributed by atoms with E-state index in [0.29, 0.717) is 6.61 Å². The summed E-state index contributed by atoms with van der Waals surface area (Å²) in [5.74, 6) is -2.40. The summed E-state index contributed by atoms with van der Waals surface area (Å²) in [4.78, 5) is 10.8. The van der Waals surface area contributed by atoms with Crippen molar-refractivity contribution in [3.8, 4) is 0 Å². The molecule has 0 aliphatic rings. The topological polar surface area (TPSA) is 93.7 Å². The molecule has 0 atom stereocenters. The molecule has 0 heterocycles. The van der Waals surface area contributed by atoms with Gasteiger partial charge >= 0.3 is 12.1 Å². The van der Waals surface area contributed by atoms with Crippen molar-refractivity contribution < 1.29 is 35.9 Å². The van der Waals surface area contributed by atoms with Crippen molar-refractivity contribution in [3.05, 3.63) is 24.3 Å². The average molecular weight is 370 g/mol. The van der Waals surface area contributed by atoms with Crippen molar-refractivity contribution in [2.75, 3.05) is 42.7 Å². The molecule has 0 aliphatic carbocycles. The van der Waals surface area contributed by atoms with Gasteiger partial charge in [0, 0.05) is 18.5 Å². The van der Waals surface area contributed by atoms with Crippen LogP contribution in [0, 0.1) is 0 Å². The van der Waals surface area contributed by atoms with Gasteiger partial charge in [0.15, 0.2) is 0 Å². The molecule has 0 saturated carbocycles. The summed E-state index contributed by atoms with van der Waals surface area (Å²) in [5, 5.41) is 1.65. The van der Waals surface area contributed by atoms with Crippen LogP contribution in [-0.4, -0.2) is 53.2 Å². The average Bonchev–Trinajstić information content (AvgIpc) is 2.47. The van der Waals surface area contributed by atoms with E-state index in [-0.39, 0.29) is 30.3 Å². The maximum atomic E-state index is 12.1. The molecule has 0 unspecified atom stereocenters. The number of halogens is 3. The minimum atomic E-state index is -5.00. The Balaban J connectivity index is 2.52. The highest BCUT2D eigenvalue weighted by atomic mass is 32.2. The monoisotopic (exact) mass is 370 g/mol. The number of amides is 1. The van der Waals surface area contributed by atoms with Gasteiger partial charge in [-0.2, -0.15) is 13.2 Å². The Hall–Kier alpha value is -1.85. The summed E-state index contributed by atoms with van der Waals surface area (Å²) in [6.45, 7) is 0.580. The molecule has 0 saturated heterocycles. The molecular weight excluding hydrogens is 353 g/mol. The molecule has 0 fully saturated rings. The molecule has 0 bridgehead atoms. The number of hydrogen-bond donors (Lipinski definition) is 2. The lowest BCUT2D eigenvalue weighted by Gasteiger charge is -2.10. The maximum Gasteiger partial charge on any atom is 0.471 e. The number of carbonyl (C=O) groups excluding carboxylic acids is 1. The smallest absolute Gasteiger partial charge is 0.382 e. The highest BCUT2D eigenvalue weighted by Gasteiger charge is 2.38. The number of rotatable bonds is 9. The van der Waals surface area contributed by atoms with Crippen LogP contribution in [0.25, 0.3) is 0 Å². The van der Waals surface area contributed by atoms with Gasteiger partial charge in [0.2, 0.25) is 10.0 Å². The molecule has 136 valence electrons. The SMILES string of the molecule is COCCOCCS(=O)(=O)Nc1ccc(NC(=O)C(F)(F)F)cc1. The Bertz CT molecular complexity index is 632. The third-order valence-electron chi connectivity index (χ3n) is 2.60. The Morgan fingerprint density at radius 2 is 1.67 bits per heavy atom. The van der Waals surface area contributed by atoms with Crippen LogP contribution in [0.15, 0.2) is 24.3 Å². The van der Waals surface area contributed by atoms with Crippen molar-refractivity contribution >= 4 is 27.3 Å². The maximum absolute atomic E-state index is 12.1. The highest BCUT2D eigenvalue weighted by molar-refractivity contribution is 7.92. The van der Waals surface area contributed by atoms with Crippen LogP contribution in [0.4, 0.5) is 24.5 Å². The van der Waals surface area contributed by atoms with Crippen molar-refractivity contribution in [2.24, 2.45) is 0 Å². The van der Waals surface area contributed by atoms with Gasteiger partial charge in [-0.1, -0.05) is 0 Å². The predicted octanol–water partition coefficient (Wildman–Crippen LogP) is 1.59. The molecule has 11 heteroatoms. The minimum absolute atomic E-state index is 0.0293. The molecule has 1 rings (SSSR count). The van der Waals surface area contributed by atoms with E-state index in [4.69, 9.17) is 9.47 Å². The molecule has 1 aromatic carbocycles. The zero-order valence-electron chi connectivity index (χ0n) is 12.7. The van der Waals surface area contributed by atoms with E-state index in [1.807, 2.05) is 0 Å². The molecule has 1 amide bonds. The molecule has 2 N–H and O–H groups in total. The van der Waals surface area contributed by atoms with E-state index in [9.17, 15) is 26.4 Å². The second-order valence-electron chi connectivity index (χ2n) is 4.56. The molecule has 0 radical (unpaired) electrons. The van der Waals surface area contributed by atoms with Gasteiger partial charge in [-0.15, -0.1) is 0 Å². The molecule has 0 spiro atoms. The van der Waals surface area contributed by atoms with E-state index in [1.165, 1.54) is 19.2 Å². The van der Waals surface area contributed by atoms with Crippen LogP contribution < -0.4 is 10.0 Å². The fourth-order valence-corrected chi connectivity index (χ4v) is 2.40. The van der Waals surface area contributed by atoms with Gasteiger partial charge < -0.3 is 14.8 Å². The van der Waals surface area contributed by atoms with E-state index in [2.05, 4.69) is 4.72 Å². The first kappa shape index (κ1) is 20.2. The number of carbonyl (C=O) groups is 1. The molecular formula is C13H17F3N2O5S. The number of ether oxygens (including phenoxy) is 2. The third kappa shape index (κ3) is 7.62. The third-order valence-corrected chi connectivity index (χ3v) is 3.85. The summed E-state index contributed by atoms with van der Waals surface area (Å²) in [7, 11) is -2.18. The summed E-state index contributed by atoms with van der Waals surface area (Å²) < 4.78 is 71.9. The minimum Gasteiger partial charge on any atom is -0.382 e. The zero-order chi connectivity index (χ0) is 18.2. The molecule has 7 nitrogen and oxygen atoms in total. The first-order valence-electron chi connectivity index (χ1n) is 6.69. The lowest BCUT2D eigenvalue weighted by Crippen LogP contribution is -2.29. The van der Waals surface area contributed by atoms with Gasteiger partial charge in [-0.05, 0) is 24.3 Å². The standard InChI is InChI=1S/C13H17F3N2O5S/c1-22-6-7-23-8-9-24(20,21)18-11-4-2-10(3-5-11)17-12(19)13(14,15)16/h2-5,18H,6-9H2,1H3,(H,17,19). The number of nitrogens with one attached hydrogen (secondary N) is 2. The first-order valence-corrected chi connectivity index (χ1v) is 8.35. The highest BCUT2D eigenvalue weighted by Crippen LogP contribution is 2.20. The van der Waals surface area contributed by atoms with Crippen molar-refractivity contribution in [3.63, 3.8) is 0 Å². The first-order chi connectivity index (χ1) is 11.1. The summed E-state index contributed by atoms with van der Waals surface area (Å²) >= 11 is 0. The van der Waals surface area contributed by atoms with Crippen LogP contribution in [0.3, 0.4) is 0 Å².